The molecule has 0 aliphatic carbocycles. The second-order valence-electron chi connectivity index (χ2n) is 5.63. The number of nitrogens with zero attached hydrogens (tertiary/aromatic N) is 2. The summed E-state index contributed by atoms with van der Waals surface area (Å²) in [5.74, 6) is -1.01. The Morgan fingerprint density at radius 3 is 2.37 bits per heavy atom. The van der Waals surface area contributed by atoms with E-state index in [1.807, 2.05) is 6.07 Å². The molecule has 2 aromatic carbocycles. The number of hydrogen-bond donors (Lipinski definition) is 3. The van der Waals surface area contributed by atoms with Gasteiger partial charge in [0.15, 0.2) is 0 Å². The molecule has 27 heavy (non-hydrogen) atoms. The second-order valence-corrected chi connectivity index (χ2v) is 5.63. The van der Waals surface area contributed by atoms with Gasteiger partial charge in [-0.2, -0.15) is 5.10 Å². The van der Waals surface area contributed by atoms with Gasteiger partial charge in [0.1, 0.15) is 5.56 Å². The fraction of sp³-hybridized carbons (Fsp3) is 0.0526. The van der Waals surface area contributed by atoms with Crippen molar-refractivity contribution in [2.75, 3.05) is 0 Å². The zero-order chi connectivity index (χ0) is 19.2. The molecule has 0 saturated carbocycles. The Morgan fingerprint density at radius 2 is 1.70 bits per heavy atom. The maximum atomic E-state index is 12.0. The summed E-state index contributed by atoms with van der Waals surface area (Å²) < 4.78 is 1.01. The number of aromatic amines is 1. The van der Waals surface area contributed by atoms with Gasteiger partial charge in [-0.25, -0.2) is 10.2 Å². The molecule has 0 atom stereocenters. The molecule has 0 bridgehead atoms. The SMILES string of the molecule is O=C(N/N=C\c1c(O)n(Cc2ccccc2)c(=O)[nH]c1=O)c1ccccc1. The first-order chi connectivity index (χ1) is 13.1. The fourth-order valence-corrected chi connectivity index (χ4v) is 2.41. The Hall–Kier alpha value is -3.94. The predicted octanol–water partition coefficient (Wildman–Crippen LogP) is 1.05. The topological polar surface area (TPSA) is 117 Å². The third-order valence-electron chi connectivity index (χ3n) is 3.79. The van der Waals surface area contributed by atoms with Crippen molar-refractivity contribution in [2.24, 2.45) is 5.10 Å². The average molecular weight is 364 g/mol. The third-order valence-corrected chi connectivity index (χ3v) is 3.79. The fourth-order valence-electron chi connectivity index (χ4n) is 2.41. The van der Waals surface area contributed by atoms with Crippen LogP contribution in [0.4, 0.5) is 0 Å². The highest BCUT2D eigenvalue weighted by Crippen LogP contribution is 2.10. The number of rotatable bonds is 5. The van der Waals surface area contributed by atoms with Gasteiger partial charge in [-0.15, -0.1) is 0 Å². The molecule has 0 unspecified atom stereocenters. The van der Waals surface area contributed by atoms with Crippen LogP contribution in [0.1, 0.15) is 21.5 Å². The van der Waals surface area contributed by atoms with E-state index >= 15 is 0 Å². The van der Waals surface area contributed by atoms with Crippen LogP contribution in [0.2, 0.25) is 0 Å². The summed E-state index contributed by atoms with van der Waals surface area (Å²) in [6.45, 7) is 0.0689. The van der Waals surface area contributed by atoms with E-state index < -0.39 is 23.0 Å². The van der Waals surface area contributed by atoms with E-state index in [4.69, 9.17) is 0 Å². The lowest BCUT2D eigenvalue weighted by molar-refractivity contribution is 0.0955. The van der Waals surface area contributed by atoms with E-state index in [1.54, 1.807) is 54.6 Å². The van der Waals surface area contributed by atoms with Gasteiger partial charge in [-0.3, -0.25) is 19.1 Å². The summed E-state index contributed by atoms with van der Waals surface area (Å²) >= 11 is 0. The quantitative estimate of drug-likeness (QED) is 0.463. The number of carbonyl (C=O) groups excluding carboxylic acids is 1. The summed E-state index contributed by atoms with van der Waals surface area (Å²) in [5, 5.41) is 14.0. The van der Waals surface area contributed by atoms with Crippen LogP contribution in [0.3, 0.4) is 0 Å². The molecule has 3 rings (SSSR count). The van der Waals surface area contributed by atoms with E-state index in [0.717, 1.165) is 16.3 Å². The van der Waals surface area contributed by atoms with E-state index in [0.29, 0.717) is 5.56 Å². The Bertz CT molecular complexity index is 1090. The molecule has 0 fully saturated rings. The van der Waals surface area contributed by atoms with Crippen LogP contribution < -0.4 is 16.7 Å². The van der Waals surface area contributed by atoms with E-state index in [-0.39, 0.29) is 12.1 Å². The Balaban J connectivity index is 1.85. The Labute approximate surface area is 153 Å². The van der Waals surface area contributed by atoms with Gasteiger partial charge in [0, 0.05) is 5.56 Å². The van der Waals surface area contributed by atoms with Crippen molar-refractivity contribution in [1.82, 2.24) is 15.0 Å². The maximum Gasteiger partial charge on any atom is 0.331 e. The van der Waals surface area contributed by atoms with Crippen LogP contribution in [0.15, 0.2) is 75.4 Å². The van der Waals surface area contributed by atoms with Crippen LogP contribution in [0.25, 0.3) is 0 Å². The van der Waals surface area contributed by atoms with E-state index in [1.165, 1.54) is 0 Å². The molecule has 136 valence electrons. The number of aromatic nitrogens is 2. The van der Waals surface area contributed by atoms with Crippen molar-refractivity contribution < 1.29 is 9.90 Å². The molecular formula is C19H16N4O4. The number of amides is 1. The van der Waals surface area contributed by atoms with Crippen molar-refractivity contribution in [3.63, 3.8) is 0 Å². The molecule has 3 N–H and O–H groups in total. The summed E-state index contributed by atoms with van der Waals surface area (Å²) in [4.78, 5) is 38.1. The van der Waals surface area contributed by atoms with Gasteiger partial charge in [0.2, 0.25) is 5.88 Å². The predicted molar refractivity (Wildman–Crippen MR) is 100 cm³/mol. The first-order valence-electron chi connectivity index (χ1n) is 8.04. The molecule has 0 aliphatic heterocycles. The zero-order valence-corrected chi connectivity index (χ0v) is 14.1. The molecule has 3 aromatic rings. The number of nitrogens with one attached hydrogen (secondary N) is 2. The monoisotopic (exact) mass is 364 g/mol. The lowest BCUT2D eigenvalue weighted by Crippen LogP contribution is -2.32. The highest BCUT2D eigenvalue weighted by Gasteiger charge is 2.13. The molecule has 8 nitrogen and oxygen atoms in total. The number of hydrazone groups is 1. The highest BCUT2D eigenvalue weighted by molar-refractivity contribution is 5.94. The van der Waals surface area contributed by atoms with Crippen molar-refractivity contribution >= 4 is 12.1 Å². The molecule has 1 amide bonds. The number of hydrogen-bond acceptors (Lipinski definition) is 5. The summed E-state index contributed by atoms with van der Waals surface area (Å²) in [7, 11) is 0. The molecule has 8 heteroatoms. The highest BCUT2D eigenvalue weighted by atomic mass is 16.3. The first kappa shape index (κ1) is 17.9. The van der Waals surface area contributed by atoms with Gasteiger partial charge in [0.05, 0.1) is 12.8 Å². The van der Waals surface area contributed by atoms with Crippen molar-refractivity contribution in [2.45, 2.75) is 6.54 Å². The molecule has 0 radical (unpaired) electrons. The molecule has 0 saturated heterocycles. The van der Waals surface area contributed by atoms with Crippen molar-refractivity contribution in [3.05, 3.63) is 98.2 Å². The van der Waals surface area contributed by atoms with Gasteiger partial charge >= 0.3 is 5.69 Å². The standard InChI is InChI=1S/C19H16N4O4/c24-16(14-9-5-2-6-10-14)22-20-11-15-17(25)21-19(27)23(18(15)26)12-13-7-3-1-4-8-13/h1-11,26H,12H2,(H,22,24)(H,21,25,27)/b20-11-. The molecule has 0 aliphatic rings. The number of H-pyrrole nitrogens is 1. The van der Waals surface area contributed by atoms with Crippen LogP contribution in [0.5, 0.6) is 5.88 Å². The normalized spacial score (nSPS) is 10.8. The first-order valence-corrected chi connectivity index (χ1v) is 8.04. The number of carbonyl (C=O) groups is 1. The van der Waals surface area contributed by atoms with Crippen LogP contribution >= 0.6 is 0 Å². The molecule has 1 aromatic heterocycles. The largest absolute Gasteiger partial charge is 0.494 e. The summed E-state index contributed by atoms with van der Waals surface area (Å²) in [6, 6.07) is 17.4. The van der Waals surface area contributed by atoms with Crippen molar-refractivity contribution in [1.29, 1.82) is 0 Å². The van der Waals surface area contributed by atoms with Gasteiger partial charge in [-0.1, -0.05) is 48.5 Å². The molecule has 1 heterocycles. The molecular weight excluding hydrogens is 348 g/mol. The van der Waals surface area contributed by atoms with E-state index in [2.05, 4.69) is 15.5 Å². The minimum Gasteiger partial charge on any atom is -0.494 e. The Kier molecular flexibility index (Phi) is 5.27. The van der Waals surface area contributed by atoms with Gasteiger partial charge in [-0.05, 0) is 17.7 Å². The minimum atomic E-state index is -0.806. The Morgan fingerprint density at radius 1 is 1.07 bits per heavy atom. The van der Waals surface area contributed by atoms with Gasteiger partial charge in [0.25, 0.3) is 11.5 Å². The number of aromatic hydroxyl groups is 1. The zero-order valence-electron chi connectivity index (χ0n) is 14.1. The van der Waals surface area contributed by atoms with Crippen molar-refractivity contribution in [3.8, 4) is 5.88 Å². The molecule has 0 spiro atoms. The average Bonchev–Trinajstić information content (AvgIpc) is 2.69. The van der Waals surface area contributed by atoms with Crippen LogP contribution in [0, 0.1) is 0 Å². The third kappa shape index (κ3) is 4.18. The minimum absolute atomic E-state index is 0.0689. The van der Waals surface area contributed by atoms with Crippen LogP contribution in [-0.2, 0) is 6.54 Å². The second kappa shape index (κ2) is 7.96. The lowest BCUT2D eigenvalue weighted by atomic mass is 10.2. The smallest absolute Gasteiger partial charge is 0.331 e. The maximum absolute atomic E-state index is 12.0. The summed E-state index contributed by atoms with van der Waals surface area (Å²) in [6.07, 6.45) is 0.996. The number of benzene rings is 2. The lowest BCUT2D eigenvalue weighted by Gasteiger charge is -2.09. The van der Waals surface area contributed by atoms with E-state index in [9.17, 15) is 19.5 Å². The van der Waals surface area contributed by atoms with Gasteiger partial charge < -0.3 is 5.11 Å². The summed E-state index contributed by atoms with van der Waals surface area (Å²) in [5.41, 5.74) is 1.63. The van der Waals surface area contributed by atoms with Crippen LogP contribution in [-0.4, -0.2) is 26.8 Å².